The highest BCUT2D eigenvalue weighted by Gasteiger charge is 2.34. The van der Waals surface area contributed by atoms with Crippen molar-refractivity contribution in [2.24, 2.45) is 23.7 Å². The maximum Gasteiger partial charge on any atom is 0.305 e. The molecule has 32 nitrogen and oxygen atoms in total. The molecule has 1 unspecified atom stereocenters. The molecule has 146 heavy (non-hydrogen) atoms. The number of fused-ring (bicyclic) bond motifs is 5. The van der Waals surface area contributed by atoms with Crippen molar-refractivity contribution in [1.29, 1.82) is 0 Å². The zero-order chi connectivity index (χ0) is 99.7. The molecule has 4 N–H and O–H groups in total. The average Bonchev–Trinajstić information content (AvgIpc) is 1.61. The number of likely N-dealkylation sites (tertiary alicyclic amines) is 1. The number of rotatable bonds is 22. The van der Waals surface area contributed by atoms with Gasteiger partial charge >= 0.3 is 11.9 Å². The number of anilines is 5. The normalized spacial score (nSPS) is 17.8. The minimum absolute atomic E-state index is 0. The number of pyridine rings is 5. The monoisotopic (exact) mass is 2090 g/mol. The Morgan fingerprint density at radius 1 is 0.397 bits per heavy atom. The van der Waals surface area contributed by atoms with Crippen LogP contribution in [0.15, 0.2) is 214 Å². The zero-order valence-corrected chi connectivity index (χ0v) is 87.0. The molecule has 0 radical (unpaired) electrons. The molecule has 15 aromatic rings. The second kappa shape index (κ2) is 49.7. The summed E-state index contributed by atoms with van der Waals surface area (Å²) in [7, 11) is 2.18. The van der Waals surface area contributed by atoms with Crippen LogP contribution in [0.2, 0.25) is 25.1 Å². The van der Waals surface area contributed by atoms with E-state index in [1.165, 1.54) is 97.6 Å². The summed E-state index contributed by atoms with van der Waals surface area (Å²) >= 11 is 30.2. The van der Waals surface area contributed by atoms with Gasteiger partial charge in [0, 0.05) is 214 Å². The number of piperidine rings is 5. The minimum atomic E-state index is -0.853. The molecule has 766 valence electrons. The van der Waals surface area contributed by atoms with Gasteiger partial charge in [-0.05, 0) is 279 Å². The van der Waals surface area contributed by atoms with Crippen molar-refractivity contribution in [2.75, 3.05) is 189 Å². The van der Waals surface area contributed by atoms with Crippen molar-refractivity contribution >= 4 is 172 Å². The van der Waals surface area contributed by atoms with Gasteiger partial charge in [-0.25, -0.2) is 23.4 Å². The van der Waals surface area contributed by atoms with Gasteiger partial charge in [0.15, 0.2) is 29.1 Å². The maximum atomic E-state index is 12.8. The molecular formula is C108H126Cl6N26O6. The average molecular weight is 2100 g/mol. The van der Waals surface area contributed by atoms with Crippen LogP contribution in [0.25, 0.3) is 83.0 Å². The molecule has 8 aliphatic heterocycles. The molecule has 1 amide bonds. The first-order chi connectivity index (χ1) is 70.9. The first-order valence-electron chi connectivity index (χ1n) is 50.9. The number of carboxylic acids is 1. The first kappa shape index (κ1) is 104. The number of carbonyl (C=O) groups excluding carboxylic acids is 2. The number of nitrogens with zero attached hydrogens (tertiary/aromatic N) is 23. The molecule has 8 saturated heterocycles. The third-order valence-electron chi connectivity index (χ3n) is 29.1. The van der Waals surface area contributed by atoms with Crippen LogP contribution >= 0.6 is 70.4 Å². The van der Waals surface area contributed by atoms with Crippen LogP contribution in [0.1, 0.15) is 90.4 Å². The fourth-order valence-corrected chi connectivity index (χ4v) is 21.6. The number of piperazine rings is 2. The largest absolute Gasteiger partial charge is 0.481 e. The smallest absolute Gasteiger partial charge is 0.305 e. The number of esters is 1. The van der Waals surface area contributed by atoms with E-state index in [0.29, 0.717) is 53.1 Å². The van der Waals surface area contributed by atoms with E-state index in [1.54, 1.807) is 23.3 Å². The number of carboxylic acid groups (broad SMARTS) is 1. The van der Waals surface area contributed by atoms with Crippen LogP contribution in [0.3, 0.4) is 0 Å². The van der Waals surface area contributed by atoms with Crippen molar-refractivity contribution in [3.05, 3.63) is 239 Å². The molecule has 5 aromatic carbocycles. The number of aliphatic carboxylic acids is 1. The number of amides is 1. The van der Waals surface area contributed by atoms with Crippen molar-refractivity contribution in [2.45, 2.75) is 103 Å². The number of morpholine rings is 1. The SMILES string of the molecule is CC(=O)OC1CCN(c2nn(-c3ccc(Cl)cc3)c3cnccc23)CC1.CN1CCC(CCC(=O)N2CCN(c3nn(-c4ccc(Cl)cc4)c4cnccc34)CC2)CC1.Cl.Clc1ccc(-n2nc(N3CCC(CN4CCNCC4)CC3)c3ccncc32)cc1.Clc1ccc(-n2nc(N3CCC(CNCC4CCNCC4)CC3)c3ccncc32)cc1.O=C(O)CC1COCCN1c1nn(-c2ccc(Cl)cc2)c2cnccc12. The van der Waals surface area contributed by atoms with Crippen molar-refractivity contribution < 1.29 is 29.0 Å². The number of nitrogens with one attached hydrogen (secondary N) is 3. The highest BCUT2D eigenvalue weighted by atomic mass is 35.5. The van der Waals surface area contributed by atoms with Gasteiger partial charge in [-0.15, -0.1) is 37.9 Å². The standard InChI is InChI=1S/C25H31ClN6O.C24H31ClN6.C22H27ClN6.C19H19ClN4O2.C18H17ClN4O3.ClH/c1-29-12-9-19(10-13-29)2-7-24(33)30-14-16-31(17-15-30)25-22-8-11-27-18-23(22)32(28-25)21-5-3-20(26)4-6-21;25-20-1-3-21(4-2-20)31-23-17-27-12-7-22(23)24(29-31)30-13-8-19(9-14-30)16-28-15-18-5-10-26-11-6-18;23-18-1-3-19(4-2-18)29-21-15-25-8-5-20(21)22(26-29)28-11-6-17(7-12-28)16-27-13-9-24-10-14-27;1-13(25)26-16-7-10-23(11-8-16)19-17-6-9-21-12-18(17)24(22-19)15-4-2-14(20)3-5-15;19-12-1-3-13(4-2-12)23-16-10-20-6-5-15(16)18(21-23)22-7-8-26-11-14(22)9-17(24)25;/h3-6,8,11,18-19H,2,7,9-10,12-17H2,1H3;1-4,7,12,17-19,26,28H,5-6,8-11,13-16H2;1-5,8,15,17,24H,6-7,9-14,16H2;2-6,9,12,16H,7-8,10-11H2,1H3;1-6,10,14H,7-9,11H2,(H,24,25);1H. The van der Waals surface area contributed by atoms with Gasteiger partial charge < -0.3 is 69.7 Å². The van der Waals surface area contributed by atoms with Gasteiger partial charge in [-0.3, -0.25) is 39.3 Å². The van der Waals surface area contributed by atoms with E-state index in [1.807, 2.05) is 211 Å². The molecule has 0 spiro atoms. The van der Waals surface area contributed by atoms with E-state index in [0.717, 1.165) is 257 Å². The number of benzene rings is 5. The van der Waals surface area contributed by atoms with Crippen molar-refractivity contribution in [1.82, 2.24) is 104 Å². The lowest BCUT2D eigenvalue weighted by molar-refractivity contribution is -0.147. The van der Waals surface area contributed by atoms with Gasteiger partial charge in [0.1, 0.15) is 6.10 Å². The Morgan fingerprint density at radius 3 is 1.11 bits per heavy atom. The molecular weight excluding hydrogens is 1970 g/mol. The van der Waals surface area contributed by atoms with Gasteiger partial charge in [-0.1, -0.05) is 58.0 Å². The van der Waals surface area contributed by atoms with Crippen molar-refractivity contribution in [3.8, 4) is 28.4 Å². The summed E-state index contributed by atoms with van der Waals surface area (Å²) in [4.78, 5) is 75.2. The molecule has 18 heterocycles. The summed E-state index contributed by atoms with van der Waals surface area (Å²) in [6.07, 6.45) is 31.5. The summed E-state index contributed by atoms with van der Waals surface area (Å²) in [5.41, 5.74) is 9.60. The lowest BCUT2D eigenvalue weighted by Crippen LogP contribution is -2.49. The minimum Gasteiger partial charge on any atom is -0.481 e. The Hall–Kier alpha value is -11.9. The van der Waals surface area contributed by atoms with E-state index >= 15 is 0 Å². The summed E-state index contributed by atoms with van der Waals surface area (Å²) < 4.78 is 20.4. The zero-order valence-electron chi connectivity index (χ0n) is 82.4. The number of hydrogen-bond donors (Lipinski definition) is 4. The quantitative estimate of drug-likeness (QED) is 0.0458. The molecule has 38 heteroatoms. The fraction of sp³-hybridized carbons (Fsp3) is 0.417. The van der Waals surface area contributed by atoms with Crippen LogP contribution in [-0.4, -0.2) is 288 Å². The number of halogens is 6. The Bertz CT molecular complexity index is 6810. The van der Waals surface area contributed by atoms with Gasteiger partial charge in [0.25, 0.3) is 0 Å². The summed E-state index contributed by atoms with van der Waals surface area (Å²) in [5.74, 6) is 7.06. The predicted molar refractivity (Wildman–Crippen MR) is 584 cm³/mol. The third-order valence-corrected chi connectivity index (χ3v) is 30.3. The maximum absolute atomic E-state index is 12.8. The van der Waals surface area contributed by atoms with E-state index in [9.17, 15) is 19.5 Å². The van der Waals surface area contributed by atoms with Crippen LogP contribution in [-0.2, 0) is 23.9 Å². The van der Waals surface area contributed by atoms with E-state index in [4.69, 9.17) is 93.0 Å². The summed E-state index contributed by atoms with van der Waals surface area (Å²) in [5, 5.41) is 53.3. The Balaban J connectivity index is 0.000000120. The molecule has 0 saturated carbocycles. The number of ether oxygens (including phenoxy) is 2. The van der Waals surface area contributed by atoms with E-state index in [-0.39, 0.29) is 36.9 Å². The Labute approximate surface area is 881 Å². The molecule has 0 bridgehead atoms. The van der Waals surface area contributed by atoms with E-state index in [2.05, 4.69) is 89.5 Å². The number of aromatic nitrogens is 15. The summed E-state index contributed by atoms with van der Waals surface area (Å²) in [6.45, 7) is 24.7. The Morgan fingerprint density at radius 2 is 0.733 bits per heavy atom. The van der Waals surface area contributed by atoms with Gasteiger partial charge in [0.2, 0.25) is 5.91 Å². The van der Waals surface area contributed by atoms with Crippen LogP contribution < -0.4 is 40.4 Å². The first-order valence-corrected chi connectivity index (χ1v) is 52.8. The lowest BCUT2D eigenvalue weighted by atomic mass is 9.92. The molecule has 23 rings (SSSR count). The molecule has 1 atom stereocenters. The lowest BCUT2D eigenvalue weighted by Gasteiger charge is -2.36. The fourth-order valence-electron chi connectivity index (χ4n) is 21.0. The highest BCUT2D eigenvalue weighted by molar-refractivity contribution is 6.32. The van der Waals surface area contributed by atoms with Crippen molar-refractivity contribution in [3.63, 3.8) is 0 Å². The van der Waals surface area contributed by atoms with E-state index < -0.39 is 5.97 Å². The van der Waals surface area contributed by atoms with Crippen LogP contribution in [0, 0.1) is 23.7 Å². The summed E-state index contributed by atoms with van der Waals surface area (Å²) in [6, 6.07) is 48.1. The molecule has 8 fully saturated rings. The molecule has 10 aromatic heterocycles. The molecule has 8 aliphatic rings. The van der Waals surface area contributed by atoms with Crippen LogP contribution in [0.4, 0.5) is 29.1 Å². The third kappa shape index (κ3) is 25.7. The second-order valence-corrected chi connectivity index (χ2v) is 40.9. The van der Waals surface area contributed by atoms with Gasteiger partial charge in [-0.2, -0.15) is 0 Å². The van der Waals surface area contributed by atoms with Gasteiger partial charge in [0.05, 0.1) is 113 Å². The second-order valence-electron chi connectivity index (χ2n) is 38.8. The predicted octanol–water partition coefficient (Wildman–Crippen LogP) is 17.7. The highest BCUT2D eigenvalue weighted by Crippen LogP contribution is 2.39. The topological polar surface area (TPSA) is 305 Å². The van der Waals surface area contributed by atoms with Crippen LogP contribution in [0.5, 0.6) is 0 Å². The number of hydrogen-bond acceptors (Lipinski definition) is 25. The Kier molecular flexibility index (Phi) is 35.5. The molecule has 0 aliphatic carbocycles. The number of carbonyl (C=O) groups is 3.